The van der Waals surface area contributed by atoms with Crippen LogP contribution >= 0.6 is 0 Å². The summed E-state index contributed by atoms with van der Waals surface area (Å²) in [6.07, 6.45) is 1.88. The van der Waals surface area contributed by atoms with Gasteiger partial charge in [-0.25, -0.2) is 4.39 Å². The van der Waals surface area contributed by atoms with E-state index in [1.54, 1.807) is 45.0 Å². The number of aromatic nitrogens is 1. The van der Waals surface area contributed by atoms with E-state index in [4.69, 9.17) is 18.9 Å². The highest BCUT2D eigenvalue weighted by Crippen LogP contribution is 2.31. The molecule has 0 unspecified atom stereocenters. The van der Waals surface area contributed by atoms with E-state index < -0.39 is 30.1 Å². The minimum atomic E-state index is -0.709. The van der Waals surface area contributed by atoms with Crippen LogP contribution in [0.3, 0.4) is 0 Å². The smallest absolute Gasteiger partial charge is 0.314 e. The van der Waals surface area contributed by atoms with Crippen LogP contribution in [-0.4, -0.2) is 29.3 Å². The summed E-state index contributed by atoms with van der Waals surface area (Å²) >= 11 is 0. The van der Waals surface area contributed by atoms with Gasteiger partial charge in [0, 0.05) is 36.6 Å². The van der Waals surface area contributed by atoms with Crippen LogP contribution in [0.4, 0.5) is 4.39 Å². The molecule has 4 aromatic carbocycles. The molecule has 0 spiro atoms. The molecule has 0 N–H and O–H groups in total. The summed E-state index contributed by atoms with van der Waals surface area (Å²) < 4.78 is 37.0. The Morgan fingerprint density at radius 1 is 0.783 bits per heavy atom. The largest absolute Gasteiger partial charge is 0.457 e. The number of esters is 3. The fourth-order valence-corrected chi connectivity index (χ4v) is 4.82. The highest BCUT2D eigenvalue weighted by Gasteiger charge is 2.23. The number of nitrogens with zero attached hydrogens (tertiary/aromatic N) is 1. The van der Waals surface area contributed by atoms with Gasteiger partial charge in [-0.15, -0.1) is 0 Å². The second-order valence-electron chi connectivity index (χ2n) is 11.8. The maximum Gasteiger partial charge on any atom is 0.314 e. The Morgan fingerprint density at radius 3 is 2.22 bits per heavy atom. The molecule has 0 aliphatic heterocycles. The fraction of sp³-hybridized carbons (Fsp3) is 0.216. The lowest BCUT2D eigenvalue weighted by molar-refractivity contribution is -0.172. The Kier molecular flexibility index (Phi) is 9.51. The molecule has 0 amide bonds. The van der Waals surface area contributed by atoms with E-state index in [-0.39, 0.29) is 12.2 Å². The van der Waals surface area contributed by atoms with Crippen molar-refractivity contribution in [2.24, 2.45) is 5.41 Å². The Morgan fingerprint density at radius 2 is 1.50 bits per heavy atom. The number of carbonyl (C=O) groups excluding carboxylic acids is 3. The van der Waals surface area contributed by atoms with E-state index in [0.29, 0.717) is 23.8 Å². The zero-order valence-corrected chi connectivity index (χ0v) is 26.0. The van der Waals surface area contributed by atoms with Crippen molar-refractivity contribution >= 4 is 28.8 Å². The maximum absolute atomic E-state index is 13.6. The van der Waals surface area contributed by atoms with Gasteiger partial charge in [0.2, 0.25) is 6.79 Å². The van der Waals surface area contributed by atoms with Crippen LogP contribution in [0.1, 0.15) is 38.8 Å². The molecule has 1 heterocycles. The molecule has 0 aliphatic carbocycles. The normalized spacial score (nSPS) is 11.2. The lowest BCUT2D eigenvalue weighted by Crippen LogP contribution is -2.25. The number of carbonyl (C=O) groups is 3. The average molecular weight is 624 g/mol. The first kappa shape index (κ1) is 32.0. The van der Waals surface area contributed by atoms with Crippen LogP contribution in [0.25, 0.3) is 22.0 Å². The molecule has 0 atom stereocenters. The summed E-state index contributed by atoms with van der Waals surface area (Å²) in [5.41, 5.74) is 3.62. The van der Waals surface area contributed by atoms with Crippen molar-refractivity contribution in [1.82, 2.24) is 4.57 Å². The molecule has 0 saturated carbocycles. The number of hydrogen-bond donors (Lipinski definition) is 0. The lowest BCUT2D eigenvalue weighted by Gasteiger charge is -2.16. The van der Waals surface area contributed by atoms with E-state index >= 15 is 0 Å². The van der Waals surface area contributed by atoms with Gasteiger partial charge in [-0.3, -0.25) is 14.4 Å². The summed E-state index contributed by atoms with van der Waals surface area (Å²) in [4.78, 5) is 36.3. The van der Waals surface area contributed by atoms with Crippen LogP contribution in [-0.2, 0) is 36.8 Å². The van der Waals surface area contributed by atoms with E-state index in [1.165, 1.54) is 19.1 Å². The second-order valence-corrected chi connectivity index (χ2v) is 11.8. The van der Waals surface area contributed by atoms with Gasteiger partial charge in [-0.1, -0.05) is 42.5 Å². The predicted octanol–water partition coefficient (Wildman–Crippen LogP) is 7.85. The Hall–Kier alpha value is -5.44. The predicted molar refractivity (Wildman–Crippen MR) is 171 cm³/mol. The van der Waals surface area contributed by atoms with Crippen molar-refractivity contribution < 1.29 is 37.7 Å². The molecule has 0 fully saturated rings. The number of halogens is 1. The molecule has 5 rings (SSSR count). The lowest BCUT2D eigenvalue weighted by atomic mass is 9.98. The molecule has 9 heteroatoms. The first-order chi connectivity index (χ1) is 21.9. The summed E-state index contributed by atoms with van der Waals surface area (Å²) in [6.45, 7) is 6.53. The zero-order valence-electron chi connectivity index (χ0n) is 26.0. The van der Waals surface area contributed by atoms with Crippen molar-refractivity contribution in [2.75, 3.05) is 6.79 Å². The van der Waals surface area contributed by atoms with Gasteiger partial charge in [-0.2, -0.15) is 0 Å². The molecule has 0 bridgehead atoms. The fourth-order valence-electron chi connectivity index (χ4n) is 4.82. The molecule has 236 valence electrons. The zero-order chi connectivity index (χ0) is 32.8. The number of benzene rings is 4. The van der Waals surface area contributed by atoms with E-state index in [0.717, 1.165) is 33.2 Å². The molecule has 5 aromatic rings. The summed E-state index contributed by atoms with van der Waals surface area (Å²) in [5.74, 6) is -0.365. The second kappa shape index (κ2) is 13.7. The molecule has 8 nitrogen and oxygen atoms in total. The SMILES string of the molecule is CC(=O)Oc1cccc(-c2ccc3c(CC(=O)OCOC(=O)C(C)(C)C)cn(Cc4ccc(Oc5cccc(F)c5)cc4)c3c2)c1. The van der Waals surface area contributed by atoms with E-state index in [9.17, 15) is 18.8 Å². The van der Waals surface area contributed by atoms with Crippen molar-refractivity contribution in [1.29, 1.82) is 0 Å². The van der Waals surface area contributed by atoms with Crippen LogP contribution in [0.2, 0.25) is 0 Å². The van der Waals surface area contributed by atoms with Crippen molar-refractivity contribution in [2.45, 2.75) is 40.7 Å². The monoisotopic (exact) mass is 623 g/mol. The van der Waals surface area contributed by atoms with Crippen LogP contribution in [0.5, 0.6) is 17.2 Å². The third-order valence-electron chi connectivity index (χ3n) is 7.06. The van der Waals surface area contributed by atoms with E-state index in [1.807, 2.05) is 65.4 Å². The van der Waals surface area contributed by atoms with Gasteiger partial charge in [0.25, 0.3) is 0 Å². The van der Waals surface area contributed by atoms with Gasteiger partial charge in [0.1, 0.15) is 23.1 Å². The third-order valence-corrected chi connectivity index (χ3v) is 7.06. The standard InChI is InChI=1S/C37H34FNO7/c1-24(40)45-31-9-5-7-26(17-31)27-13-16-33-28(19-35(41)43-23-44-36(42)37(2,3)4)22-39(34(33)18-27)21-25-11-14-30(15-12-25)46-32-10-6-8-29(38)20-32/h5-18,20,22H,19,21,23H2,1-4H3. The quantitative estimate of drug-likeness (QED) is 0.0889. The molecule has 46 heavy (non-hydrogen) atoms. The first-order valence-electron chi connectivity index (χ1n) is 14.7. The van der Waals surface area contributed by atoms with Crippen molar-refractivity contribution in [3.8, 4) is 28.4 Å². The van der Waals surface area contributed by atoms with E-state index in [2.05, 4.69) is 0 Å². The van der Waals surface area contributed by atoms with Crippen LogP contribution in [0.15, 0.2) is 97.2 Å². The maximum atomic E-state index is 13.6. The molecule has 0 aliphatic rings. The molecule has 1 aromatic heterocycles. The van der Waals surface area contributed by atoms with Gasteiger partial charge in [0.15, 0.2) is 0 Å². The van der Waals surface area contributed by atoms with Gasteiger partial charge in [-0.05, 0) is 85.5 Å². The first-order valence-corrected chi connectivity index (χ1v) is 14.7. The molecular formula is C37H34FNO7. The van der Waals surface area contributed by atoms with Crippen molar-refractivity contribution in [3.63, 3.8) is 0 Å². The minimum Gasteiger partial charge on any atom is -0.457 e. The van der Waals surface area contributed by atoms with Gasteiger partial charge < -0.3 is 23.5 Å². The average Bonchev–Trinajstić information content (AvgIpc) is 3.33. The molecule has 0 radical (unpaired) electrons. The van der Waals surface area contributed by atoms with Crippen molar-refractivity contribution in [3.05, 3.63) is 114 Å². The summed E-state index contributed by atoms with van der Waals surface area (Å²) in [6, 6.07) is 26.6. The highest BCUT2D eigenvalue weighted by molar-refractivity contribution is 5.91. The topological polar surface area (TPSA) is 93.1 Å². The molecular weight excluding hydrogens is 589 g/mol. The number of ether oxygens (including phenoxy) is 4. The molecule has 0 saturated heterocycles. The third kappa shape index (κ3) is 8.18. The van der Waals surface area contributed by atoms with Crippen LogP contribution < -0.4 is 9.47 Å². The Balaban J connectivity index is 1.41. The Bertz CT molecular complexity index is 1890. The summed E-state index contributed by atoms with van der Waals surface area (Å²) in [7, 11) is 0. The van der Waals surface area contributed by atoms with Crippen LogP contribution in [0, 0.1) is 11.2 Å². The Labute approximate surface area is 266 Å². The van der Waals surface area contributed by atoms with Gasteiger partial charge in [0.05, 0.1) is 11.8 Å². The summed E-state index contributed by atoms with van der Waals surface area (Å²) in [5, 5.41) is 0.856. The highest BCUT2D eigenvalue weighted by atomic mass is 19.1. The van der Waals surface area contributed by atoms with Gasteiger partial charge >= 0.3 is 17.9 Å². The number of hydrogen-bond acceptors (Lipinski definition) is 7. The number of fused-ring (bicyclic) bond motifs is 1. The number of rotatable bonds is 10. The minimum absolute atomic E-state index is 0.0295.